The van der Waals surface area contributed by atoms with Gasteiger partial charge in [0.25, 0.3) is 0 Å². The molecule has 0 saturated carbocycles. The van der Waals surface area contributed by atoms with Crippen LogP contribution in [0.15, 0.2) is 12.5 Å². The average molecular weight is 125 g/mol. The molecule has 0 aliphatic rings. The molecule has 0 saturated heterocycles. The molecule has 0 spiro atoms. The van der Waals surface area contributed by atoms with Gasteiger partial charge < -0.3 is 5.73 Å². The number of nitrogens with two attached hydrogens (primary N) is 1. The summed E-state index contributed by atoms with van der Waals surface area (Å²) in [5.74, 6) is 0. The molecule has 0 radical (unpaired) electrons. The molecule has 48 valence electrons. The molecule has 0 fully saturated rings. The highest BCUT2D eigenvalue weighted by molar-refractivity contribution is 5.74. The zero-order valence-corrected chi connectivity index (χ0v) is 5.03. The molecule has 0 unspecified atom stereocenters. The summed E-state index contributed by atoms with van der Waals surface area (Å²) in [6, 6.07) is -0.504. The first-order valence-electron chi connectivity index (χ1n) is 2.50. The van der Waals surface area contributed by atoms with Gasteiger partial charge in [0, 0.05) is 6.20 Å². The Labute approximate surface area is 52.3 Å². The van der Waals surface area contributed by atoms with Crippen LogP contribution in [0.1, 0.15) is 5.69 Å². The lowest BCUT2D eigenvalue weighted by Crippen LogP contribution is -2.17. The molecule has 0 atom stereocenters. The van der Waals surface area contributed by atoms with Crippen LogP contribution in [-0.2, 0) is 0 Å². The normalized spacial score (nSPS) is 9.44. The van der Waals surface area contributed by atoms with Crippen molar-refractivity contribution in [2.45, 2.75) is 6.92 Å². The molecule has 4 nitrogen and oxygen atoms in total. The molecular formula is C5H7N3O. The number of amides is 1. The van der Waals surface area contributed by atoms with E-state index in [0.717, 1.165) is 5.69 Å². The number of rotatable bonds is 0. The third kappa shape index (κ3) is 1.07. The van der Waals surface area contributed by atoms with Crippen molar-refractivity contribution in [2.24, 2.45) is 5.73 Å². The predicted molar refractivity (Wildman–Crippen MR) is 31.9 cm³/mol. The molecule has 0 aliphatic heterocycles. The highest BCUT2D eigenvalue weighted by atomic mass is 16.2. The minimum Gasteiger partial charge on any atom is -0.351 e. The summed E-state index contributed by atoms with van der Waals surface area (Å²) in [5, 5.41) is 0. The van der Waals surface area contributed by atoms with E-state index in [1.54, 1.807) is 13.1 Å². The lowest BCUT2D eigenvalue weighted by molar-refractivity contribution is 0.250. The van der Waals surface area contributed by atoms with Crippen LogP contribution in [-0.4, -0.2) is 15.6 Å². The van der Waals surface area contributed by atoms with Crippen molar-refractivity contribution < 1.29 is 4.79 Å². The summed E-state index contributed by atoms with van der Waals surface area (Å²) in [5.41, 5.74) is 5.70. The SMILES string of the molecule is Cc1cn(C(N)=O)cn1. The van der Waals surface area contributed by atoms with Crippen molar-refractivity contribution in [3.8, 4) is 0 Å². The van der Waals surface area contributed by atoms with E-state index in [4.69, 9.17) is 5.73 Å². The van der Waals surface area contributed by atoms with E-state index >= 15 is 0 Å². The fraction of sp³-hybridized carbons (Fsp3) is 0.200. The van der Waals surface area contributed by atoms with E-state index in [2.05, 4.69) is 4.98 Å². The quantitative estimate of drug-likeness (QED) is 0.535. The van der Waals surface area contributed by atoms with E-state index in [9.17, 15) is 4.79 Å². The molecule has 1 amide bonds. The standard InChI is InChI=1S/C5H7N3O/c1-4-2-8(3-7-4)5(6)9/h2-3H,1H3,(H2,6,9). The molecule has 0 aromatic carbocycles. The highest BCUT2D eigenvalue weighted by Gasteiger charge is 1.95. The van der Waals surface area contributed by atoms with E-state index in [1.165, 1.54) is 10.9 Å². The number of imidazole rings is 1. The summed E-state index contributed by atoms with van der Waals surface area (Å²) in [4.78, 5) is 14.2. The maximum Gasteiger partial charge on any atom is 0.324 e. The second-order valence-electron chi connectivity index (χ2n) is 1.76. The van der Waals surface area contributed by atoms with E-state index in [0.29, 0.717) is 0 Å². The molecule has 1 aromatic rings. The molecule has 4 heteroatoms. The third-order valence-corrected chi connectivity index (χ3v) is 0.966. The van der Waals surface area contributed by atoms with Crippen LogP contribution in [0.2, 0.25) is 0 Å². The Bertz CT molecular complexity index is 228. The number of primary amides is 1. The molecule has 1 rings (SSSR count). The van der Waals surface area contributed by atoms with Crippen LogP contribution in [0.5, 0.6) is 0 Å². The molecule has 2 N–H and O–H groups in total. The van der Waals surface area contributed by atoms with Crippen molar-refractivity contribution >= 4 is 6.03 Å². The summed E-state index contributed by atoms with van der Waals surface area (Å²) < 4.78 is 1.23. The van der Waals surface area contributed by atoms with Crippen LogP contribution < -0.4 is 5.73 Å². The van der Waals surface area contributed by atoms with Crippen LogP contribution >= 0.6 is 0 Å². The Morgan fingerprint density at radius 2 is 2.56 bits per heavy atom. The lowest BCUT2D eigenvalue weighted by Gasteiger charge is -1.87. The number of nitrogens with zero attached hydrogens (tertiary/aromatic N) is 2. The monoisotopic (exact) mass is 125 g/mol. The van der Waals surface area contributed by atoms with Crippen molar-refractivity contribution in [3.63, 3.8) is 0 Å². The average Bonchev–Trinajstić information content (AvgIpc) is 2.14. The van der Waals surface area contributed by atoms with Gasteiger partial charge in [-0.05, 0) is 6.92 Å². The van der Waals surface area contributed by atoms with Gasteiger partial charge in [0.15, 0.2) is 0 Å². The zero-order valence-electron chi connectivity index (χ0n) is 5.03. The number of hydrogen-bond acceptors (Lipinski definition) is 2. The summed E-state index contributed by atoms with van der Waals surface area (Å²) in [7, 11) is 0. The fourth-order valence-electron chi connectivity index (χ4n) is 0.542. The number of carbonyl (C=O) groups excluding carboxylic acids is 1. The van der Waals surface area contributed by atoms with Gasteiger partial charge in [-0.1, -0.05) is 0 Å². The van der Waals surface area contributed by atoms with Gasteiger partial charge in [0.2, 0.25) is 0 Å². The summed E-state index contributed by atoms with van der Waals surface area (Å²) in [6.07, 6.45) is 2.96. The Morgan fingerprint density at radius 3 is 2.78 bits per heavy atom. The van der Waals surface area contributed by atoms with Gasteiger partial charge >= 0.3 is 6.03 Å². The molecule has 1 aromatic heterocycles. The van der Waals surface area contributed by atoms with Crippen molar-refractivity contribution in [2.75, 3.05) is 0 Å². The Kier molecular flexibility index (Phi) is 1.22. The second-order valence-corrected chi connectivity index (χ2v) is 1.76. The Balaban J connectivity index is 2.98. The first kappa shape index (κ1) is 5.81. The largest absolute Gasteiger partial charge is 0.351 e. The van der Waals surface area contributed by atoms with Crippen molar-refractivity contribution in [1.29, 1.82) is 0 Å². The van der Waals surface area contributed by atoms with Crippen molar-refractivity contribution in [3.05, 3.63) is 18.2 Å². The van der Waals surface area contributed by atoms with Crippen LogP contribution in [0.4, 0.5) is 4.79 Å². The van der Waals surface area contributed by atoms with Crippen molar-refractivity contribution in [1.82, 2.24) is 9.55 Å². The first-order valence-corrected chi connectivity index (χ1v) is 2.50. The summed E-state index contributed by atoms with van der Waals surface area (Å²) in [6.45, 7) is 1.79. The minimum absolute atomic E-state index is 0.504. The number of hydrogen-bond donors (Lipinski definition) is 1. The van der Waals surface area contributed by atoms with Gasteiger partial charge in [-0.3, -0.25) is 4.57 Å². The highest BCUT2D eigenvalue weighted by Crippen LogP contribution is 1.90. The number of carbonyl (C=O) groups is 1. The molecule has 0 aliphatic carbocycles. The lowest BCUT2D eigenvalue weighted by atomic mass is 10.6. The minimum atomic E-state index is -0.504. The number of aromatic nitrogens is 2. The van der Waals surface area contributed by atoms with Gasteiger partial charge in [-0.2, -0.15) is 0 Å². The molecular weight excluding hydrogens is 118 g/mol. The Hall–Kier alpha value is -1.32. The van der Waals surface area contributed by atoms with Gasteiger partial charge in [-0.15, -0.1) is 0 Å². The molecule has 9 heavy (non-hydrogen) atoms. The van der Waals surface area contributed by atoms with Crippen LogP contribution in [0.25, 0.3) is 0 Å². The van der Waals surface area contributed by atoms with E-state index < -0.39 is 6.03 Å². The molecule has 0 bridgehead atoms. The summed E-state index contributed by atoms with van der Waals surface area (Å²) >= 11 is 0. The number of aryl methyl sites for hydroxylation is 1. The van der Waals surface area contributed by atoms with Gasteiger partial charge in [-0.25, -0.2) is 9.78 Å². The molecule has 1 heterocycles. The third-order valence-electron chi connectivity index (χ3n) is 0.966. The second kappa shape index (κ2) is 1.89. The van der Waals surface area contributed by atoms with Crippen LogP contribution in [0, 0.1) is 6.92 Å². The van der Waals surface area contributed by atoms with Gasteiger partial charge in [0.1, 0.15) is 6.33 Å². The fourth-order valence-corrected chi connectivity index (χ4v) is 0.542. The zero-order chi connectivity index (χ0) is 6.85. The maximum atomic E-state index is 10.4. The smallest absolute Gasteiger partial charge is 0.324 e. The topological polar surface area (TPSA) is 60.9 Å². The first-order chi connectivity index (χ1) is 4.20. The van der Waals surface area contributed by atoms with Crippen LogP contribution in [0.3, 0.4) is 0 Å². The van der Waals surface area contributed by atoms with E-state index in [-0.39, 0.29) is 0 Å². The maximum absolute atomic E-state index is 10.4. The predicted octanol–water partition coefficient (Wildman–Crippen LogP) is 0.118. The Morgan fingerprint density at radius 1 is 1.89 bits per heavy atom. The van der Waals surface area contributed by atoms with Gasteiger partial charge in [0.05, 0.1) is 5.69 Å². The van der Waals surface area contributed by atoms with E-state index in [1.807, 2.05) is 0 Å².